The van der Waals surface area contributed by atoms with Crippen molar-refractivity contribution >= 4 is 49.9 Å². The number of hydrogen-bond donors (Lipinski definition) is 1. The molecule has 0 aliphatic carbocycles. The Morgan fingerprint density at radius 3 is 2.64 bits per heavy atom. The van der Waals surface area contributed by atoms with Crippen LogP contribution in [0.2, 0.25) is 5.02 Å². The molecule has 1 N–H and O–H groups in total. The van der Waals surface area contributed by atoms with Crippen molar-refractivity contribution in [3.63, 3.8) is 0 Å². The molecule has 1 fully saturated rings. The molecule has 0 bridgehead atoms. The first-order chi connectivity index (χ1) is 17.0. The average Bonchev–Trinajstić information content (AvgIpc) is 3.51. The van der Waals surface area contributed by atoms with Gasteiger partial charge in [0.05, 0.1) is 15.6 Å². The molecule has 1 aliphatic rings. The van der Waals surface area contributed by atoms with Crippen LogP contribution in [0.25, 0.3) is 0 Å². The minimum atomic E-state index is -5.43. The lowest BCUT2D eigenvalue weighted by molar-refractivity contribution is -0.199. The summed E-state index contributed by atoms with van der Waals surface area (Å²) >= 11 is 6.74. The molecule has 15 heteroatoms. The number of hydrogen-bond acceptors (Lipinski definition) is 9. The number of alkyl halides is 3. The lowest BCUT2D eigenvalue weighted by Crippen LogP contribution is -2.38. The van der Waals surface area contributed by atoms with E-state index >= 15 is 0 Å². The standard InChI is InChI=1S/C21H19ClF3N5O4S2/c22-17-10-16(36(32,33)30(20-26-13-27-35-20)34-19(31)21(23,24)25)6-7-18(17)28-15-8-9-29(12-15)11-14-4-2-1-3-5-14/h1-7,10,13,15,28H,8-9,11-12H2/t15-/m1/s1. The highest BCUT2D eigenvalue weighted by molar-refractivity contribution is 7.92. The maximum absolute atomic E-state index is 13.1. The fraction of sp³-hybridized carbons (Fsp3) is 0.286. The van der Waals surface area contributed by atoms with Crippen molar-refractivity contribution in [3.05, 3.63) is 65.4 Å². The van der Waals surface area contributed by atoms with Gasteiger partial charge >= 0.3 is 12.1 Å². The molecule has 192 valence electrons. The van der Waals surface area contributed by atoms with Crippen LogP contribution in [0.1, 0.15) is 12.0 Å². The Morgan fingerprint density at radius 2 is 2.00 bits per heavy atom. The molecule has 0 spiro atoms. The van der Waals surface area contributed by atoms with Gasteiger partial charge in [-0.05, 0) is 30.2 Å². The molecule has 36 heavy (non-hydrogen) atoms. The Balaban J connectivity index is 1.48. The SMILES string of the molecule is O=C(ON(c1ncns1)S(=O)(=O)c1ccc(N[C@@H]2CCN(Cc3ccccc3)C2)c(Cl)c1)C(F)(F)F. The van der Waals surface area contributed by atoms with Crippen molar-refractivity contribution in [2.75, 3.05) is 22.9 Å². The summed E-state index contributed by atoms with van der Waals surface area (Å²) in [4.78, 5) is 20.8. The molecule has 1 aromatic heterocycles. The first-order valence-corrected chi connectivity index (χ1v) is 13.1. The number of aromatic nitrogens is 2. The second kappa shape index (κ2) is 10.6. The number of anilines is 2. The first kappa shape index (κ1) is 26.1. The number of carbonyl (C=O) groups excluding carboxylic acids is 1. The molecule has 4 rings (SSSR count). The fourth-order valence-electron chi connectivity index (χ4n) is 3.59. The van der Waals surface area contributed by atoms with Crippen molar-refractivity contribution < 1.29 is 31.2 Å². The highest BCUT2D eigenvalue weighted by atomic mass is 35.5. The Bertz CT molecular complexity index is 1310. The maximum atomic E-state index is 13.1. The second-order valence-corrected chi connectivity index (χ2v) is 10.7. The lowest BCUT2D eigenvalue weighted by atomic mass is 10.2. The predicted molar refractivity (Wildman–Crippen MR) is 127 cm³/mol. The summed E-state index contributed by atoms with van der Waals surface area (Å²) < 4.78 is 67.7. The number of rotatable bonds is 8. The Morgan fingerprint density at radius 1 is 1.25 bits per heavy atom. The molecule has 2 heterocycles. The quantitative estimate of drug-likeness (QED) is 0.410. The molecule has 1 saturated heterocycles. The molecule has 0 radical (unpaired) electrons. The van der Waals surface area contributed by atoms with Gasteiger partial charge in [0, 0.05) is 37.2 Å². The van der Waals surface area contributed by atoms with Crippen LogP contribution in [0.4, 0.5) is 24.0 Å². The Labute approximate surface area is 213 Å². The zero-order valence-electron chi connectivity index (χ0n) is 18.4. The van der Waals surface area contributed by atoms with Crippen LogP contribution in [0.3, 0.4) is 0 Å². The summed E-state index contributed by atoms with van der Waals surface area (Å²) in [6, 6.07) is 13.7. The summed E-state index contributed by atoms with van der Waals surface area (Å²) in [5.41, 5.74) is 1.65. The van der Waals surface area contributed by atoms with Crippen LogP contribution in [0, 0.1) is 0 Å². The smallest absolute Gasteiger partial charge is 0.380 e. The number of likely N-dealkylation sites (tertiary alicyclic amines) is 1. The second-order valence-electron chi connectivity index (χ2n) is 7.82. The van der Waals surface area contributed by atoms with Gasteiger partial charge in [0.1, 0.15) is 6.33 Å². The number of benzene rings is 2. The third-order valence-electron chi connectivity index (χ3n) is 5.24. The molecule has 3 aromatic rings. The number of halogens is 4. The molecule has 0 amide bonds. The van der Waals surface area contributed by atoms with Crippen LogP contribution in [0.5, 0.6) is 0 Å². The topological polar surface area (TPSA) is 105 Å². The maximum Gasteiger partial charge on any atom is 0.493 e. The zero-order chi connectivity index (χ0) is 25.9. The molecular formula is C21H19ClF3N5O4S2. The summed E-state index contributed by atoms with van der Waals surface area (Å²) in [6.07, 6.45) is -3.69. The van der Waals surface area contributed by atoms with Crippen molar-refractivity contribution in [2.24, 2.45) is 0 Å². The first-order valence-electron chi connectivity index (χ1n) is 10.5. The van der Waals surface area contributed by atoms with Gasteiger partial charge in [-0.2, -0.15) is 26.0 Å². The largest absolute Gasteiger partial charge is 0.493 e. The number of sulfonamides is 1. The van der Waals surface area contributed by atoms with Gasteiger partial charge in [0.2, 0.25) is 0 Å². The molecular weight excluding hydrogens is 543 g/mol. The minimum Gasteiger partial charge on any atom is -0.380 e. The number of carbonyl (C=O) groups is 1. The molecule has 1 atom stereocenters. The third-order valence-corrected chi connectivity index (χ3v) is 7.84. The van der Waals surface area contributed by atoms with E-state index in [-0.39, 0.29) is 15.5 Å². The minimum absolute atomic E-state index is 0.0250. The normalized spacial score (nSPS) is 16.6. The van der Waals surface area contributed by atoms with Gasteiger partial charge in [-0.3, -0.25) is 4.90 Å². The van der Waals surface area contributed by atoms with Gasteiger partial charge in [0.25, 0.3) is 15.2 Å². The number of nitrogens with one attached hydrogen (secondary N) is 1. The van der Waals surface area contributed by atoms with Crippen LogP contribution in [-0.2, 0) is 26.2 Å². The van der Waals surface area contributed by atoms with E-state index in [0.717, 1.165) is 44.5 Å². The summed E-state index contributed by atoms with van der Waals surface area (Å²) in [5, 5.41) is 2.71. The summed E-state index contributed by atoms with van der Waals surface area (Å²) in [7, 11) is -4.81. The van der Waals surface area contributed by atoms with E-state index in [0.29, 0.717) is 17.2 Å². The molecule has 2 aromatic carbocycles. The van der Waals surface area contributed by atoms with Gasteiger partial charge in [-0.15, -0.1) is 0 Å². The van der Waals surface area contributed by atoms with Gasteiger partial charge in [0.15, 0.2) is 0 Å². The molecule has 1 aliphatic heterocycles. The molecule has 9 nitrogen and oxygen atoms in total. The van der Waals surface area contributed by atoms with E-state index in [1.165, 1.54) is 11.6 Å². The van der Waals surface area contributed by atoms with Crippen LogP contribution >= 0.6 is 23.1 Å². The predicted octanol–water partition coefficient (Wildman–Crippen LogP) is 4.09. The van der Waals surface area contributed by atoms with Gasteiger partial charge in [-0.1, -0.05) is 46.4 Å². The zero-order valence-corrected chi connectivity index (χ0v) is 20.7. The van der Waals surface area contributed by atoms with E-state index in [9.17, 15) is 26.4 Å². The number of nitrogens with zero attached hydrogens (tertiary/aromatic N) is 4. The van der Waals surface area contributed by atoms with E-state index < -0.39 is 32.2 Å². The van der Waals surface area contributed by atoms with Crippen LogP contribution in [0.15, 0.2) is 59.8 Å². The van der Waals surface area contributed by atoms with Gasteiger partial charge in [-0.25, -0.2) is 9.78 Å². The highest BCUT2D eigenvalue weighted by Crippen LogP contribution is 2.32. The summed E-state index contributed by atoms with van der Waals surface area (Å²) in [6.45, 7) is 2.39. The fourth-order valence-corrected chi connectivity index (χ4v) is 5.79. The van der Waals surface area contributed by atoms with Gasteiger partial charge < -0.3 is 10.2 Å². The molecule has 0 unspecified atom stereocenters. The van der Waals surface area contributed by atoms with E-state index in [1.54, 1.807) is 0 Å². The van der Waals surface area contributed by atoms with E-state index in [4.69, 9.17) is 11.6 Å². The Hall–Kier alpha value is -2.94. The van der Waals surface area contributed by atoms with Crippen LogP contribution in [-0.4, -0.2) is 54.0 Å². The van der Waals surface area contributed by atoms with Crippen molar-refractivity contribution in [1.29, 1.82) is 0 Å². The Kier molecular flexibility index (Phi) is 7.68. The lowest BCUT2D eigenvalue weighted by Gasteiger charge is -2.21. The van der Waals surface area contributed by atoms with Crippen LogP contribution < -0.4 is 9.79 Å². The third kappa shape index (κ3) is 6.06. The molecule has 0 saturated carbocycles. The average molecular weight is 562 g/mol. The van der Waals surface area contributed by atoms with Crippen molar-refractivity contribution in [2.45, 2.75) is 30.1 Å². The summed E-state index contributed by atoms with van der Waals surface area (Å²) in [5.74, 6) is -2.73. The van der Waals surface area contributed by atoms with E-state index in [1.807, 2.05) is 30.3 Å². The monoisotopic (exact) mass is 561 g/mol. The van der Waals surface area contributed by atoms with Crippen molar-refractivity contribution in [3.8, 4) is 0 Å². The highest BCUT2D eigenvalue weighted by Gasteiger charge is 2.45. The van der Waals surface area contributed by atoms with Crippen molar-refractivity contribution in [1.82, 2.24) is 14.3 Å². The van der Waals surface area contributed by atoms with E-state index in [2.05, 4.69) is 24.4 Å².